The van der Waals surface area contributed by atoms with Gasteiger partial charge in [0.05, 0.1) is 25.8 Å². The van der Waals surface area contributed by atoms with Gasteiger partial charge in [-0.25, -0.2) is 4.79 Å². The largest absolute Gasteiger partial charge is 0.493 e. The first kappa shape index (κ1) is 12.9. The van der Waals surface area contributed by atoms with E-state index < -0.39 is 0 Å². The van der Waals surface area contributed by atoms with Crippen molar-refractivity contribution in [3.05, 3.63) is 18.2 Å². The van der Waals surface area contributed by atoms with E-state index in [1.54, 1.807) is 43.0 Å². The van der Waals surface area contributed by atoms with Crippen molar-refractivity contribution in [1.29, 1.82) is 0 Å². The fourth-order valence-electron chi connectivity index (χ4n) is 1.75. The average molecular weight is 268 g/mol. The zero-order valence-electron chi connectivity index (χ0n) is 10.4. The summed E-state index contributed by atoms with van der Waals surface area (Å²) in [5.41, 5.74) is 0.624. The predicted molar refractivity (Wildman–Crippen MR) is 72.6 cm³/mol. The molecule has 2 rings (SSSR count). The quantitative estimate of drug-likeness (QED) is 0.913. The normalized spacial score (nSPS) is 14.4. The first-order valence-corrected chi connectivity index (χ1v) is 6.76. The van der Waals surface area contributed by atoms with Gasteiger partial charge >= 0.3 is 6.03 Å². The van der Waals surface area contributed by atoms with Gasteiger partial charge in [-0.2, -0.15) is 0 Å². The maximum absolute atomic E-state index is 12.0. The fraction of sp³-hybridized carbons (Fsp3) is 0.417. The molecule has 0 bridgehead atoms. The number of anilines is 1. The van der Waals surface area contributed by atoms with Crippen LogP contribution >= 0.6 is 11.8 Å². The van der Waals surface area contributed by atoms with Crippen LogP contribution in [0.15, 0.2) is 18.2 Å². The Bertz CT molecular complexity index is 433. The van der Waals surface area contributed by atoms with E-state index in [-0.39, 0.29) is 6.03 Å². The number of nitrogens with zero attached hydrogens (tertiary/aromatic N) is 1. The molecule has 2 amide bonds. The molecule has 0 spiro atoms. The van der Waals surface area contributed by atoms with Crippen LogP contribution in [0.5, 0.6) is 11.5 Å². The second-order valence-electron chi connectivity index (χ2n) is 3.77. The van der Waals surface area contributed by atoms with Gasteiger partial charge in [-0.15, -0.1) is 11.8 Å². The van der Waals surface area contributed by atoms with E-state index in [0.29, 0.717) is 17.2 Å². The SMILES string of the molecule is COc1cccc(NC(=O)N2CCSC2)c1OC. The van der Waals surface area contributed by atoms with Crippen molar-refractivity contribution in [2.75, 3.05) is 37.7 Å². The van der Waals surface area contributed by atoms with Gasteiger partial charge in [0.25, 0.3) is 0 Å². The predicted octanol–water partition coefficient (Wildman–Crippen LogP) is 2.24. The van der Waals surface area contributed by atoms with E-state index in [4.69, 9.17) is 9.47 Å². The zero-order chi connectivity index (χ0) is 13.0. The number of thioether (sulfide) groups is 1. The number of urea groups is 1. The van der Waals surface area contributed by atoms with Gasteiger partial charge in [0.2, 0.25) is 0 Å². The Hall–Kier alpha value is -1.56. The molecule has 0 saturated carbocycles. The van der Waals surface area contributed by atoms with Crippen LogP contribution in [0.3, 0.4) is 0 Å². The van der Waals surface area contributed by atoms with E-state index in [9.17, 15) is 4.79 Å². The minimum Gasteiger partial charge on any atom is -0.493 e. The number of amides is 2. The molecular formula is C12H16N2O3S. The molecule has 1 aliphatic heterocycles. The highest BCUT2D eigenvalue weighted by atomic mass is 32.2. The molecule has 6 heteroatoms. The van der Waals surface area contributed by atoms with Gasteiger partial charge in [0.1, 0.15) is 0 Å². The van der Waals surface area contributed by atoms with Crippen LogP contribution in [0, 0.1) is 0 Å². The van der Waals surface area contributed by atoms with E-state index in [2.05, 4.69) is 5.32 Å². The number of para-hydroxylation sites is 1. The lowest BCUT2D eigenvalue weighted by molar-refractivity contribution is 0.225. The second-order valence-corrected chi connectivity index (χ2v) is 4.85. The van der Waals surface area contributed by atoms with Crippen LogP contribution in [0.4, 0.5) is 10.5 Å². The maximum Gasteiger partial charge on any atom is 0.322 e. The van der Waals surface area contributed by atoms with Crippen molar-refractivity contribution in [3.63, 3.8) is 0 Å². The third kappa shape index (κ3) is 2.64. The summed E-state index contributed by atoms with van der Waals surface area (Å²) < 4.78 is 10.5. The molecule has 1 fully saturated rings. The van der Waals surface area contributed by atoms with E-state index in [1.165, 1.54) is 0 Å². The summed E-state index contributed by atoms with van der Waals surface area (Å²) in [6.45, 7) is 0.781. The highest BCUT2D eigenvalue weighted by molar-refractivity contribution is 7.99. The first-order valence-electron chi connectivity index (χ1n) is 5.61. The number of nitrogens with one attached hydrogen (secondary N) is 1. The molecule has 1 N–H and O–H groups in total. The molecule has 98 valence electrons. The van der Waals surface area contributed by atoms with Crippen LogP contribution in [-0.2, 0) is 0 Å². The Kier molecular flexibility index (Phi) is 4.19. The summed E-state index contributed by atoms with van der Waals surface area (Å²) in [6, 6.07) is 5.30. The standard InChI is InChI=1S/C12H16N2O3S/c1-16-10-5-3-4-9(11(10)17-2)13-12(15)14-6-7-18-8-14/h3-5H,6-8H2,1-2H3,(H,13,15). The van der Waals surface area contributed by atoms with Crippen molar-refractivity contribution in [2.45, 2.75) is 0 Å². The van der Waals surface area contributed by atoms with Gasteiger partial charge in [-0.3, -0.25) is 0 Å². The summed E-state index contributed by atoms with van der Waals surface area (Å²) in [7, 11) is 3.12. The molecule has 5 nitrogen and oxygen atoms in total. The Labute approximate surface area is 110 Å². The highest BCUT2D eigenvalue weighted by Crippen LogP contribution is 2.34. The van der Waals surface area contributed by atoms with Gasteiger partial charge < -0.3 is 19.7 Å². The second kappa shape index (κ2) is 5.86. The number of carbonyl (C=O) groups excluding carboxylic acids is 1. The van der Waals surface area contributed by atoms with Gasteiger partial charge in [-0.1, -0.05) is 6.07 Å². The lowest BCUT2D eigenvalue weighted by Crippen LogP contribution is -2.32. The number of benzene rings is 1. The first-order chi connectivity index (χ1) is 8.76. The fourth-order valence-corrected chi connectivity index (χ4v) is 2.70. The van der Waals surface area contributed by atoms with Crippen molar-refractivity contribution < 1.29 is 14.3 Å². The number of carbonyl (C=O) groups is 1. The smallest absolute Gasteiger partial charge is 0.322 e. The molecule has 1 saturated heterocycles. The van der Waals surface area contributed by atoms with E-state index >= 15 is 0 Å². The maximum atomic E-state index is 12.0. The summed E-state index contributed by atoms with van der Waals surface area (Å²) >= 11 is 1.75. The minimum absolute atomic E-state index is 0.105. The molecule has 0 unspecified atom stereocenters. The topological polar surface area (TPSA) is 50.8 Å². The Morgan fingerprint density at radius 3 is 2.83 bits per heavy atom. The van der Waals surface area contributed by atoms with E-state index in [0.717, 1.165) is 18.2 Å². The van der Waals surface area contributed by atoms with Gasteiger partial charge in [0.15, 0.2) is 11.5 Å². The molecule has 1 heterocycles. The van der Waals surface area contributed by atoms with Crippen molar-refractivity contribution in [1.82, 2.24) is 4.90 Å². The lowest BCUT2D eigenvalue weighted by atomic mass is 10.2. The summed E-state index contributed by atoms with van der Waals surface area (Å²) in [5, 5.41) is 2.85. The number of hydrogen-bond donors (Lipinski definition) is 1. The van der Waals surface area contributed by atoms with Crippen LogP contribution < -0.4 is 14.8 Å². The van der Waals surface area contributed by atoms with Gasteiger partial charge in [0, 0.05) is 12.3 Å². The average Bonchev–Trinajstić information content (AvgIpc) is 2.92. The molecule has 0 aliphatic carbocycles. The molecule has 0 atom stereocenters. The lowest BCUT2D eigenvalue weighted by Gasteiger charge is -2.18. The molecule has 0 aromatic heterocycles. The third-order valence-electron chi connectivity index (χ3n) is 2.68. The number of rotatable bonds is 3. The van der Waals surface area contributed by atoms with Crippen molar-refractivity contribution in [3.8, 4) is 11.5 Å². The highest BCUT2D eigenvalue weighted by Gasteiger charge is 2.20. The monoisotopic (exact) mass is 268 g/mol. The number of ether oxygens (including phenoxy) is 2. The zero-order valence-corrected chi connectivity index (χ0v) is 11.3. The van der Waals surface area contributed by atoms with E-state index in [1.807, 2.05) is 6.07 Å². The van der Waals surface area contributed by atoms with Crippen LogP contribution in [0.25, 0.3) is 0 Å². The summed E-state index contributed by atoms with van der Waals surface area (Å²) in [4.78, 5) is 13.8. The Morgan fingerprint density at radius 2 is 2.22 bits per heavy atom. The molecule has 1 aliphatic rings. The minimum atomic E-state index is -0.105. The van der Waals surface area contributed by atoms with Gasteiger partial charge in [-0.05, 0) is 12.1 Å². The number of methoxy groups -OCH3 is 2. The molecule has 18 heavy (non-hydrogen) atoms. The molecule has 1 aromatic carbocycles. The molecular weight excluding hydrogens is 252 g/mol. The van der Waals surface area contributed by atoms with Crippen molar-refractivity contribution in [2.24, 2.45) is 0 Å². The van der Waals surface area contributed by atoms with Crippen molar-refractivity contribution >= 4 is 23.5 Å². The summed E-state index contributed by atoms with van der Waals surface area (Å²) in [5.74, 6) is 2.87. The van der Waals surface area contributed by atoms with Crippen LogP contribution in [0.2, 0.25) is 0 Å². The summed E-state index contributed by atoms with van der Waals surface area (Å²) in [6.07, 6.45) is 0. The molecule has 0 radical (unpaired) electrons. The number of hydrogen-bond acceptors (Lipinski definition) is 4. The molecule has 1 aromatic rings. The van der Waals surface area contributed by atoms with Crippen LogP contribution in [0.1, 0.15) is 0 Å². The Balaban J connectivity index is 2.15. The Morgan fingerprint density at radius 1 is 1.39 bits per heavy atom. The van der Waals surface area contributed by atoms with Crippen LogP contribution in [-0.4, -0.2) is 43.3 Å². The third-order valence-corrected chi connectivity index (χ3v) is 3.65.